The molecule has 0 aliphatic carbocycles. The normalized spacial score (nSPS) is 10.5. The Kier molecular flexibility index (Phi) is 7.91. The van der Waals surface area contributed by atoms with Gasteiger partial charge >= 0.3 is 0 Å². The van der Waals surface area contributed by atoms with Gasteiger partial charge in [0.2, 0.25) is 0 Å². The molecule has 2 N–H and O–H groups in total. The van der Waals surface area contributed by atoms with E-state index in [0.29, 0.717) is 6.54 Å². The highest BCUT2D eigenvalue weighted by atomic mass is 79.9. The molecule has 0 aliphatic rings. The summed E-state index contributed by atoms with van der Waals surface area (Å²) in [4.78, 5) is 0. The van der Waals surface area contributed by atoms with Crippen molar-refractivity contribution in [3.05, 3.63) is 22.2 Å². The van der Waals surface area contributed by atoms with Crippen LogP contribution in [0.3, 0.4) is 0 Å². The predicted octanol–water partition coefficient (Wildman–Crippen LogP) is 4.27. The van der Waals surface area contributed by atoms with E-state index >= 15 is 0 Å². The highest BCUT2D eigenvalue weighted by Gasteiger charge is 2.11. The standard InChI is InChI=1S/C15H24BrNO2/c1-3-4-5-6-7-8-19-15-13(16)9-12(11-17)10-14(15)18-2/h9-10H,3-8,11,17H2,1-2H3. The first-order chi connectivity index (χ1) is 9.22. The van der Waals surface area contributed by atoms with E-state index in [1.165, 1.54) is 25.7 Å². The molecule has 0 unspecified atom stereocenters. The molecule has 0 amide bonds. The average Bonchev–Trinajstić information content (AvgIpc) is 2.43. The van der Waals surface area contributed by atoms with E-state index in [0.717, 1.165) is 34.6 Å². The lowest BCUT2D eigenvalue weighted by molar-refractivity contribution is 0.283. The molecule has 0 bridgehead atoms. The van der Waals surface area contributed by atoms with Crippen LogP contribution in [0.25, 0.3) is 0 Å². The number of methoxy groups -OCH3 is 1. The summed E-state index contributed by atoms with van der Waals surface area (Å²) in [6.07, 6.45) is 6.15. The van der Waals surface area contributed by atoms with Gasteiger partial charge in [0.25, 0.3) is 0 Å². The third-order valence-corrected chi connectivity index (χ3v) is 3.61. The highest BCUT2D eigenvalue weighted by Crippen LogP contribution is 2.36. The molecule has 1 rings (SSSR count). The second kappa shape index (κ2) is 9.21. The topological polar surface area (TPSA) is 44.5 Å². The Hall–Kier alpha value is -0.740. The van der Waals surface area contributed by atoms with Crippen LogP contribution in [0.5, 0.6) is 11.5 Å². The second-order valence-corrected chi connectivity index (χ2v) is 5.43. The first-order valence-corrected chi connectivity index (χ1v) is 7.71. The van der Waals surface area contributed by atoms with Crippen LogP contribution in [0.1, 0.15) is 44.6 Å². The fourth-order valence-corrected chi connectivity index (χ4v) is 2.51. The Balaban J connectivity index is 2.52. The molecule has 0 saturated carbocycles. The highest BCUT2D eigenvalue weighted by molar-refractivity contribution is 9.10. The fourth-order valence-electron chi connectivity index (χ4n) is 1.91. The summed E-state index contributed by atoms with van der Waals surface area (Å²) in [6.45, 7) is 3.43. The van der Waals surface area contributed by atoms with Crippen LogP contribution in [0.2, 0.25) is 0 Å². The summed E-state index contributed by atoms with van der Waals surface area (Å²) in [6, 6.07) is 3.91. The molecule has 0 radical (unpaired) electrons. The molecular weight excluding hydrogens is 306 g/mol. The van der Waals surface area contributed by atoms with Gasteiger partial charge in [-0.15, -0.1) is 0 Å². The Morgan fingerprint density at radius 2 is 1.89 bits per heavy atom. The second-order valence-electron chi connectivity index (χ2n) is 4.58. The molecule has 0 spiro atoms. The number of hydrogen-bond donors (Lipinski definition) is 1. The maximum Gasteiger partial charge on any atom is 0.175 e. The van der Waals surface area contributed by atoms with Gasteiger partial charge in [0.05, 0.1) is 18.2 Å². The minimum atomic E-state index is 0.492. The number of rotatable bonds is 9. The SMILES string of the molecule is CCCCCCCOc1c(Br)cc(CN)cc1OC. The quantitative estimate of drug-likeness (QED) is 0.688. The smallest absolute Gasteiger partial charge is 0.175 e. The summed E-state index contributed by atoms with van der Waals surface area (Å²) in [5.74, 6) is 1.51. The lowest BCUT2D eigenvalue weighted by atomic mass is 10.1. The summed E-state index contributed by atoms with van der Waals surface area (Å²) in [5.41, 5.74) is 6.67. The van der Waals surface area contributed by atoms with Crippen LogP contribution in [0.4, 0.5) is 0 Å². The van der Waals surface area contributed by atoms with Gasteiger partial charge in [0.15, 0.2) is 11.5 Å². The Labute approximate surface area is 124 Å². The van der Waals surface area contributed by atoms with Gasteiger partial charge < -0.3 is 15.2 Å². The van der Waals surface area contributed by atoms with E-state index in [1.807, 2.05) is 12.1 Å². The van der Waals surface area contributed by atoms with Gasteiger partial charge in [-0.05, 0) is 40.0 Å². The van der Waals surface area contributed by atoms with E-state index < -0.39 is 0 Å². The third kappa shape index (κ3) is 5.41. The van der Waals surface area contributed by atoms with Gasteiger partial charge in [-0.3, -0.25) is 0 Å². The largest absolute Gasteiger partial charge is 0.493 e. The third-order valence-electron chi connectivity index (χ3n) is 3.02. The summed E-state index contributed by atoms with van der Waals surface area (Å²) in [7, 11) is 1.65. The molecule has 0 fully saturated rings. The molecule has 0 atom stereocenters. The zero-order chi connectivity index (χ0) is 14.1. The van der Waals surface area contributed by atoms with Crippen LogP contribution in [-0.2, 0) is 6.54 Å². The van der Waals surface area contributed by atoms with Gasteiger partial charge in [-0.1, -0.05) is 32.6 Å². The molecule has 1 aromatic rings. The molecule has 3 nitrogen and oxygen atoms in total. The van der Waals surface area contributed by atoms with E-state index in [1.54, 1.807) is 7.11 Å². The van der Waals surface area contributed by atoms with Crippen molar-refractivity contribution < 1.29 is 9.47 Å². The molecule has 0 aliphatic heterocycles. The summed E-state index contributed by atoms with van der Waals surface area (Å²) < 4.78 is 12.1. The Bertz CT molecular complexity index is 383. The molecule has 108 valence electrons. The fraction of sp³-hybridized carbons (Fsp3) is 0.600. The van der Waals surface area contributed by atoms with Gasteiger partial charge in [0.1, 0.15) is 0 Å². The number of hydrogen-bond acceptors (Lipinski definition) is 3. The summed E-state index contributed by atoms with van der Waals surface area (Å²) in [5, 5.41) is 0. The maximum atomic E-state index is 5.83. The van der Waals surface area contributed by atoms with Crippen molar-refractivity contribution in [2.24, 2.45) is 5.73 Å². The molecule has 0 heterocycles. The lowest BCUT2D eigenvalue weighted by Gasteiger charge is -2.14. The van der Waals surface area contributed by atoms with Crippen molar-refractivity contribution in [2.45, 2.75) is 45.6 Å². The van der Waals surface area contributed by atoms with Crippen molar-refractivity contribution in [2.75, 3.05) is 13.7 Å². The average molecular weight is 330 g/mol. The van der Waals surface area contributed by atoms with Gasteiger partial charge in [-0.25, -0.2) is 0 Å². The lowest BCUT2D eigenvalue weighted by Crippen LogP contribution is -2.03. The van der Waals surface area contributed by atoms with E-state index in [2.05, 4.69) is 22.9 Å². The minimum Gasteiger partial charge on any atom is -0.493 e. The van der Waals surface area contributed by atoms with Crippen molar-refractivity contribution in [1.82, 2.24) is 0 Å². The first kappa shape index (κ1) is 16.3. The molecule has 4 heteroatoms. The van der Waals surface area contributed by atoms with Crippen molar-refractivity contribution in [1.29, 1.82) is 0 Å². The number of ether oxygens (including phenoxy) is 2. The zero-order valence-corrected chi connectivity index (χ0v) is 13.5. The van der Waals surface area contributed by atoms with Crippen molar-refractivity contribution in [3.63, 3.8) is 0 Å². The maximum absolute atomic E-state index is 5.83. The van der Waals surface area contributed by atoms with Gasteiger partial charge in [-0.2, -0.15) is 0 Å². The molecule has 1 aromatic carbocycles. The molecular formula is C15H24BrNO2. The molecule has 19 heavy (non-hydrogen) atoms. The number of halogens is 1. The molecule has 0 aromatic heterocycles. The monoisotopic (exact) mass is 329 g/mol. The summed E-state index contributed by atoms with van der Waals surface area (Å²) >= 11 is 3.51. The van der Waals surface area contributed by atoms with Crippen LogP contribution in [-0.4, -0.2) is 13.7 Å². The Morgan fingerprint density at radius 1 is 1.16 bits per heavy atom. The van der Waals surface area contributed by atoms with Crippen LogP contribution in [0, 0.1) is 0 Å². The van der Waals surface area contributed by atoms with E-state index in [4.69, 9.17) is 15.2 Å². The van der Waals surface area contributed by atoms with Crippen LogP contribution >= 0.6 is 15.9 Å². The minimum absolute atomic E-state index is 0.492. The number of unbranched alkanes of at least 4 members (excludes halogenated alkanes) is 4. The van der Waals surface area contributed by atoms with E-state index in [-0.39, 0.29) is 0 Å². The molecule has 0 saturated heterocycles. The first-order valence-electron chi connectivity index (χ1n) is 6.92. The van der Waals surface area contributed by atoms with Crippen LogP contribution < -0.4 is 15.2 Å². The Morgan fingerprint density at radius 3 is 2.53 bits per heavy atom. The van der Waals surface area contributed by atoms with E-state index in [9.17, 15) is 0 Å². The zero-order valence-electron chi connectivity index (χ0n) is 11.9. The van der Waals surface area contributed by atoms with Gasteiger partial charge in [0, 0.05) is 6.54 Å². The van der Waals surface area contributed by atoms with Crippen molar-refractivity contribution >= 4 is 15.9 Å². The van der Waals surface area contributed by atoms with Crippen LogP contribution in [0.15, 0.2) is 16.6 Å². The predicted molar refractivity (Wildman–Crippen MR) is 82.8 cm³/mol. The van der Waals surface area contributed by atoms with Crippen molar-refractivity contribution in [3.8, 4) is 11.5 Å². The number of benzene rings is 1. The number of nitrogens with two attached hydrogens (primary N) is 1.